The first-order valence-electron chi connectivity index (χ1n) is 5.22. The minimum atomic E-state index is -4.50. The van der Waals surface area contributed by atoms with Crippen molar-refractivity contribution in [2.45, 2.75) is 6.18 Å². The molecule has 0 heterocycles. The second-order valence-corrected chi connectivity index (χ2v) is 4.76. The standard InChI is InChI=1S/C11H10BrF3N2O3/c1-17(5-11(13,14)15)10(20)16-6-2-3-8(12)7(4-6)9(18)19/h2-4H,5H2,1H3,(H,16,20)(H,18,19). The lowest BCUT2D eigenvalue weighted by molar-refractivity contribution is -0.137. The van der Waals surface area contributed by atoms with Crippen LogP contribution in [0.3, 0.4) is 0 Å². The fourth-order valence-electron chi connectivity index (χ4n) is 1.33. The van der Waals surface area contributed by atoms with Crippen LogP contribution in [0.25, 0.3) is 0 Å². The molecule has 0 radical (unpaired) electrons. The zero-order valence-corrected chi connectivity index (χ0v) is 11.7. The highest BCUT2D eigenvalue weighted by Crippen LogP contribution is 2.22. The normalized spacial score (nSPS) is 11.1. The van der Waals surface area contributed by atoms with Gasteiger partial charge in [-0.3, -0.25) is 0 Å². The van der Waals surface area contributed by atoms with Gasteiger partial charge in [0, 0.05) is 17.2 Å². The molecule has 1 rings (SSSR count). The van der Waals surface area contributed by atoms with Crippen molar-refractivity contribution in [3.8, 4) is 0 Å². The molecule has 20 heavy (non-hydrogen) atoms. The molecule has 0 aliphatic carbocycles. The molecule has 0 atom stereocenters. The summed E-state index contributed by atoms with van der Waals surface area (Å²) in [5, 5.41) is 11.1. The first-order chi connectivity index (χ1) is 9.10. The van der Waals surface area contributed by atoms with Crippen LogP contribution in [-0.4, -0.2) is 41.8 Å². The van der Waals surface area contributed by atoms with Crippen LogP contribution in [0.1, 0.15) is 10.4 Å². The number of benzene rings is 1. The number of nitrogens with zero attached hydrogens (tertiary/aromatic N) is 1. The van der Waals surface area contributed by atoms with E-state index in [1.54, 1.807) is 0 Å². The lowest BCUT2D eigenvalue weighted by atomic mass is 10.2. The molecule has 0 aromatic heterocycles. The minimum absolute atomic E-state index is 0.0876. The highest BCUT2D eigenvalue weighted by molar-refractivity contribution is 9.10. The molecule has 5 nitrogen and oxygen atoms in total. The van der Waals surface area contributed by atoms with Crippen LogP contribution in [-0.2, 0) is 0 Å². The van der Waals surface area contributed by atoms with Gasteiger partial charge in [-0.05, 0) is 34.1 Å². The predicted octanol–water partition coefficient (Wildman–Crippen LogP) is 3.17. The van der Waals surface area contributed by atoms with Crippen LogP contribution < -0.4 is 5.32 Å². The number of nitrogens with one attached hydrogen (secondary N) is 1. The number of urea groups is 1. The van der Waals surface area contributed by atoms with Gasteiger partial charge >= 0.3 is 18.2 Å². The quantitative estimate of drug-likeness (QED) is 0.875. The topological polar surface area (TPSA) is 69.6 Å². The zero-order chi connectivity index (χ0) is 15.5. The fourth-order valence-corrected chi connectivity index (χ4v) is 1.74. The Labute approximate surface area is 120 Å². The van der Waals surface area contributed by atoms with Crippen LogP contribution in [0, 0.1) is 0 Å². The highest BCUT2D eigenvalue weighted by Gasteiger charge is 2.31. The summed E-state index contributed by atoms with van der Waals surface area (Å²) in [4.78, 5) is 22.8. The number of carboxylic acid groups (broad SMARTS) is 1. The van der Waals surface area contributed by atoms with E-state index in [1.807, 2.05) is 0 Å². The van der Waals surface area contributed by atoms with Crippen LogP contribution in [0.5, 0.6) is 0 Å². The molecule has 0 saturated carbocycles. The average molecular weight is 355 g/mol. The van der Waals surface area contributed by atoms with Gasteiger partial charge in [0.1, 0.15) is 6.54 Å². The van der Waals surface area contributed by atoms with E-state index in [0.717, 1.165) is 13.1 Å². The Morgan fingerprint density at radius 3 is 2.50 bits per heavy atom. The lowest BCUT2D eigenvalue weighted by Gasteiger charge is -2.19. The number of carbonyl (C=O) groups excluding carboxylic acids is 1. The van der Waals surface area contributed by atoms with E-state index in [-0.39, 0.29) is 11.3 Å². The molecule has 2 amide bonds. The smallest absolute Gasteiger partial charge is 0.406 e. The fraction of sp³-hybridized carbons (Fsp3) is 0.273. The molecule has 0 fully saturated rings. The first-order valence-corrected chi connectivity index (χ1v) is 6.01. The van der Waals surface area contributed by atoms with Gasteiger partial charge in [-0.15, -0.1) is 0 Å². The third kappa shape index (κ3) is 4.72. The Morgan fingerprint density at radius 1 is 1.40 bits per heavy atom. The molecule has 0 saturated heterocycles. The molecule has 0 spiro atoms. The van der Waals surface area contributed by atoms with E-state index >= 15 is 0 Å². The second kappa shape index (κ2) is 6.12. The monoisotopic (exact) mass is 354 g/mol. The van der Waals surface area contributed by atoms with Crippen molar-refractivity contribution in [3.05, 3.63) is 28.2 Å². The van der Waals surface area contributed by atoms with Crippen molar-refractivity contribution < 1.29 is 27.9 Å². The molecule has 0 aliphatic rings. The molecule has 0 aliphatic heterocycles. The number of hydrogen-bond acceptors (Lipinski definition) is 2. The Kier molecular flexibility index (Phi) is 4.98. The molecule has 0 bridgehead atoms. The highest BCUT2D eigenvalue weighted by atomic mass is 79.9. The molecule has 110 valence electrons. The van der Waals surface area contributed by atoms with Gasteiger partial charge in [0.05, 0.1) is 5.56 Å². The van der Waals surface area contributed by atoms with Gasteiger partial charge in [0.15, 0.2) is 0 Å². The van der Waals surface area contributed by atoms with Crippen LogP contribution >= 0.6 is 15.9 Å². The Balaban J connectivity index is 2.81. The number of carbonyl (C=O) groups is 2. The summed E-state index contributed by atoms with van der Waals surface area (Å²) in [6, 6.07) is 2.91. The number of halogens is 4. The summed E-state index contributed by atoms with van der Waals surface area (Å²) >= 11 is 3.01. The van der Waals surface area contributed by atoms with E-state index in [1.165, 1.54) is 12.1 Å². The van der Waals surface area contributed by atoms with E-state index in [4.69, 9.17) is 5.11 Å². The SMILES string of the molecule is CN(CC(F)(F)F)C(=O)Nc1ccc(Br)c(C(=O)O)c1. The van der Waals surface area contributed by atoms with Crippen molar-refractivity contribution in [1.82, 2.24) is 4.90 Å². The van der Waals surface area contributed by atoms with Crippen molar-refractivity contribution in [1.29, 1.82) is 0 Å². The van der Waals surface area contributed by atoms with Gasteiger partial charge in [0.25, 0.3) is 0 Å². The van der Waals surface area contributed by atoms with Crippen molar-refractivity contribution in [2.24, 2.45) is 0 Å². The van der Waals surface area contributed by atoms with E-state index in [0.29, 0.717) is 9.37 Å². The van der Waals surface area contributed by atoms with Crippen molar-refractivity contribution in [3.63, 3.8) is 0 Å². The summed E-state index contributed by atoms with van der Waals surface area (Å²) in [5.41, 5.74) is -0.0223. The summed E-state index contributed by atoms with van der Waals surface area (Å²) in [6.45, 7) is -1.40. The van der Waals surface area contributed by atoms with E-state index in [2.05, 4.69) is 21.2 Å². The molecule has 9 heteroatoms. The second-order valence-electron chi connectivity index (χ2n) is 3.90. The Bertz CT molecular complexity index is 534. The number of carboxylic acids is 1. The molecular formula is C11H10BrF3N2O3. The Morgan fingerprint density at radius 2 is 2.00 bits per heavy atom. The number of anilines is 1. The summed E-state index contributed by atoms with van der Waals surface area (Å²) in [6.07, 6.45) is -4.50. The van der Waals surface area contributed by atoms with Crippen LogP contribution in [0.2, 0.25) is 0 Å². The Hall–Kier alpha value is -1.77. The van der Waals surface area contributed by atoms with Gasteiger partial charge < -0.3 is 15.3 Å². The predicted molar refractivity (Wildman–Crippen MR) is 68.8 cm³/mol. The van der Waals surface area contributed by atoms with Gasteiger partial charge in [0.2, 0.25) is 0 Å². The lowest BCUT2D eigenvalue weighted by Crippen LogP contribution is -2.38. The van der Waals surface area contributed by atoms with Crippen molar-refractivity contribution in [2.75, 3.05) is 18.9 Å². The number of alkyl halides is 3. The number of amides is 2. The number of hydrogen-bond donors (Lipinski definition) is 2. The summed E-state index contributed by atoms with van der Waals surface area (Å²) in [5.74, 6) is -1.23. The van der Waals surface area contributed by atoms with E-state index < -0.39 is 24.7 Å². The van der Waals surface area contributed by atoms with E-state index in [9.17, 15) is 22.8 Å². The van der Waals surface area contributed by atoms with Gasteiger partial charge in [-0.2, -0.15) is 13.2 Å². The number of aromatic carboxylic acids is 1. The molecular weight excluding hydrogens is 345 g/mol. The summed E-state index contributed by atoms with van der Waals surface area (Å²) < 4.78 is 36.7. The maximum absolute atomic E-state index is 12.1. The molecule has 0 unspecified atom stereocenters. The van der Waals surface area contributed by atoms with Gasteiger partial charge in [-0.25, -0.2) is 9.59 Å². The largest absolute Gasteiger partial charge is 0.478 e. The van der Waals surface area contributed by atoms with Gasteiger partial charge in [-0.1, -0.05) is 0 Å². The average Bonchev–Trinajstić information content (AvgIpc) is 2.28. The molecule has 1 aromatic rings. The zero-order valence-electron chi connectivity index (χ0n) is 10.2. The maximum Gasteiger partial charge on any atom is 0.406 e. The van der Waals surface area contributed by atoms with Crippen molar-refractivity contribution >= 4 is 33.6 Å². The first kappa shape index (κ1) is 16.3. The van der Waals surface area contributed by atoms with Crippen LogP contribution in [0.15, 0.2) is 22.7 Å². The van der Waals surface area contributed by atoms with Crippen LogP contribution in [0.4, 0.5) is 23.7 Å². The summed E-state index contributed by atoms with van der Waals surface area (Å²) in [7, 11) is 0.986. The molecule has 1 aromatic carbocycles. The number of rotatable bonds is 3. The minimum Gasteiger partial charge on any atom is -0.478 e. The third-order valence-electron chi connectivity index (χ3n) is 2.21. The maximum atomic E-state index is 12.1. The molecule has 2 N–H and O–H groups in total. The third-order valence-corrected chi connectivity index (χ3v) is 2.90.